The number of hydrogen-bond acceptors (Lipinski definition) is 6. The number of hydrogen-bond donors (Lipinski definition) is 3. The minimum absolute atomic E-state index is 0.0662. The summed E-state index contributed by atoms with van der Waals surface area (Å²) >= 11 is 0. The highest BCUT2D eigenvalue weighted by Crippen LogP contribution is 2.21. The molecule has 228 valence electrons. The van der Waals surface area contributed by atoms with E-state index in [2.05, 4.69) is 15.6 Å². The highest BCUT2D eigenvalue weighted by atomic mass is 16.4. The number of benzene rings is 3. The largest absolute Gasteiger partial charge is 0.480 e. The first-order valence-electron chi connectivity index (χ1n) is 14.5. The Kier molecular flexibility index (Phi) is 11.4. The zero-order chi connectivity index (χ0) is 31.3. The van der Waals surface area contributed by atoms with E-state index in [9.17, 15) is 24.3 Å². The van der Waals surface area contributed by atoms with Crippen molar-refractivity contribution in [2.45, 2.75) is 45.2 Å². The topological polar surface area (TPSA) is 142 Å². The molecule has 0 saturated carbocycles. The molecule has 0 aliphatic heterocycles. The van der Waals surface area contributed by atoms with Crippen LogP contribution in [0.1, 0.15) is 46.6 Å². The van der Waals surface area contributed by atoms with E-state index in [1.807, 2.05) is 91.0 Å². The fraction of sp³-hybridized carbons (Fsp3) is 0.265. The minimum atomic E-state index is -1.20. The lowest BCUT2D eigenvalue weighted by Gasteiger charge is -2.24. The molecule has 0 saturated heterocycles. The molecule has 0 radical (unpaired) electrons. The molecule has 10 heteroatoms. The summed E-state index contributed by atoms with van der Waals surface area (Å²) in [5, 5.41) is 15.1. The molecule has 0 aliphatic rings. The normalized spacial score (nSPS) is 11.4. The summed E-state index contributed by atoms with van der Waals surface area (Å²) in [7, 11) is 0. The zero-order valence-electron chi connectivity index (χ0n) is 24.6. The lowest BCUT2D eigenvalue weighted by molar-refractivity contribution is -0.142. The fourth-order valence-electron chi connectivity index (χ4n) is 4.65. The van der Waals surface area contributed by atoms with Gasteiger partial charge in [-0.2, -0.15) is 0 Å². The second-order valence-corrected chi connectivity index (χ2v) is 10.3. The maximum absolute atomic E-state index is 13.3. The van der Waals surface area contributed by atoms with Crippen molar-refractivity contribution in [2.24, 2.45) is 0 Å². The molecule has 3 aromatic carbocycles. The van der Waals surface area contributed by atoms with E-state index < -0.39 is 23.8 Å². The first-order chi connectivity index (χ1) is 21.3. The summed E-state index contributed by atoms with van der Waals surface area (Å²) < 4.78 is 5.69. The van der Waals surface area contributed by atoms with E-state index in [0.717, 1.165) is 16.7 Å². The predicted molar refractivity (Wildman–Crippen MR) is 164 cm³/mol. The predicted octanol–water partition coefficient (Wildman–Crippen LogP) is 4.39. The van der Waals surface area contributed by atoms with Gasteiger partial charge in [-0.3, -0.25) is 14.4 Å². The van der Waals surface area contributed by atoms with Crippen molar-refractivity contribution in [3.05, 3.63) is 114 Å². The molecule has 1 atom stereocenters. The Bertz CT molecular complexity index is 1540. The second kappa shape index (κ2) is 15.8. The van der Waals surface area contributed by atoms with Gasteiger partial charge in [-0.25, -0.2) is 9.78 Å². The van der Waals surface area contributed by atoms with Gasteiger partial charge >= 0.3 is 5.97 Å². The SMILES string of the molecule is Cc1oc(-c2ccccc2)nc1C(=O)NCCN(Cc1ccccc1)C(=O)CCC(NC(=O)CCc1ccccc1)C(=O)O. The van der Waals surface area contributed by atoms with E-state index in [-0.39, 0.29) is 50.5 Å². The van der Waals surface area contributed by atoms with Crippen molar-refractivity contribution < 1.29 is 28.7 Å². The van der Waals surface area contributed by atoms with Crippen molar-refractivity contribution in [1.82, 2.24) is 20.5 Å². The van der Waals surface area contributed by atoms with Gasteiger partial charge in [-0.05, 0) is 43.0 Å². The van der Waals surface area contributed by atoms with Gasteiger partial charge in [0, 0.05) is 38.0 Å². The van der Waals surface area contributed by atoms with Gasteiger partial charge in [0.1, 0.15) is 11.8 Å². The van der Waals surface area contributed by atoms with E-state index in [1.165, 1.54) is 0 Å². The van der Waals surface area contributed by atoms with E-state index in [4.69, 9.17) is 4.42 Å². The Hall–Kier alpha value is -5.25. The molecule has 0 bridgehead atoms. The van der Waals surface area contributed by atoms with Crippen molar-refractivity contribution in [2.75, 3.05) is 13.1 Å². The molecule has 1 heterocycles. The molecule has 0 aliphatic carbocycles. The van der Waals surface area contributed by atoms with Crippen molar-refractivity contribution in [3.8, 4) is 11.5 Å². The van der Waals surface area contributed by atoms with Crippen LogP contribution >= 0.6 is 0 Å². The molecule has 0 fully saturated rings. The number of carboxylic acid groups (broad SMARTS) is 1. The van der Waals surface area contributed by atoms with Gasteiger partial charge in [-0.15, -0.1) is 0 Å². The Morgan fingerprint density at radius 3 is 2.11 bits per heavy atom. The van der Waals surface area contributed by atoms with Crippen LogP contribution in [0.5, 0.6) is 0 Å². The third-order valence-electron chi connectivity index (χ3n) is 7.03. The Morgan fingerprint density at radius 1 is 0.864 bits per heavy atom. The number of amides is 3. The second-order valence-electron chi connectivity index (χ2n) is 10.3. The third-order valence-corrected chi connectivity index (χ3v) is 7.03. The van der Waals surface area contributed by atoms with Crippen LogP contribution in [0.25, 0.3) is 11.5 Å². The fourth-order valence-corrected chi connectivity index (χ4v) is 4.65. The Labute approximate surface area is 256 Å². The number of aryl methyl sites for hydroxylation is 2. The summed E-state index contributed by atoms with van der Waals surface area (Å²) in [6.07, 6.45) is 0.457. The first kappa shape index (κ1) is 31.7. The molecule has 10 nitrogen and oxygen atoms in total. The van der Waals surface area contributed by atoms with Gasteiger partial charge < -0.3 is 25.1 Å². The van der Waals surface area contributed by atoms with Crippen molar-refractivity contribution in [3.63, 3.8) is 0 Å². The molecule has 3 amide bonds. The van der Waals surface area contributed by atoms with Crippen LogP contribution in [0.2, 0.25) is 0 Å². The summed E-state index contributed by atoms with van der Waals surface area (Å²) in [4.78, 5) is 56.5. The molecule has 1 aromatic heterocycles. The van der Waals surface area contributed by atoms with Crippen LogP contribution in [0.3, 0.4) is 0 Å². The molecular weight excluding hydrogens is 560 g/mol. The average Bonchev–Trinajstić information content (AvgIpc) is 3.44. The van der Waals surface area contributed by atoms with Crippen LogP contribution in [0.4, 0.5) is 0 Å². The van der Waals surface area contributed by atoms with E-state index in [0.29, 0.717) is 18.1 Å². The number of nitrogens with zero attached hydrogens (tertiary/aromatic N) is 2. The molecule has 1 unspecified atom stereocenters. The van der Waals surface area contributed by atoms with Crippen LogP contribution in [0, 0.1) is 6.92 Å². The number of rotatable bonds is 15. The van der Waals surface area contributed by atoms with Crippen LogP contribution < -0.4 is 10.6 Å². The maximum atomic E-state index is 13.3. The van der Waals surface area contributed by atoms with Crippen LogP contribution in [-0.4, -0.2) is 57.8 Å². The number of carbonyl (C=O) groups excluding carboxylic acids is 3. The number of carbonyl (C=O) groups is 4. The van der Waals surface area contributed by atoms with Crippen LogP contribution in [0.15, 0.2) is 95.4 Å². The third kappa shape index (κ3) is 9.38. The number of oxazole rings is 1. The standard InChI is InChI=1S/C34H36N4O6/c1-24-31(37-33(44-24)27-15-9-4-10-16-27)32(41)35-21-22-38(23-26-13-7-3-8-14-26)30(40)20-18-28(34(42)43)36-29(39)19-17-25-11-5-2-6-12-25/h2-16,28H,17-23H2,1H3,(H,35,41)(H,36,39)(H,42,43). The van der Waals surface area contributed by atoms with Crippen molar-refractivity contribution in [1.29, 1.82) is 0 Å². The minimum Gasteiger partial charge on any atom is -0.480 e. The lowest BCUT2D eigenvalue weighted by atomic mass is 10.1. The number of aromatic nitrogens is 1. The average molecular weight is 597 g/mol. The van der Waals surface area contributed by atoms with Gasteiger partial charge in [0.05, 0.1) is 0 Å². The first-order valence-corrected chi connectivity index (χ1v) is 14.5. The number of carboxylic acids is 1. The molecule has 4 aromatic rings. The monoisotopic (exact) mass is 596 g/mol. The van der Waals surface area contributed by atoms with Gasteiger partial charge in [0.2, 0.25) is 17.7 Å². The van der Waals surface area contributed by atoms with Gasteiger partial charge in [0.15, 0.2) is 5.69 Å². The Morgan fingerprint density at radius 2 is 1.48 bits per heavy atom. The summed E-state index contributed by atoms with van der Waals surface area (Å²) in [6, 6.07) is 26.9. The van der Waals surface area contributed by atoms with Crippen molar-refractivity contribution >= 4 is 23.7 Å². The lowest BCUT2D eigenvalue weighted by Crippen LogP contribution is -2.43. The molecule has 0 spiro atoms. The number of aliphatic carboxylic acids is 1. The van der Waals surface area contributed by atoms with Gasteiger partial charge in [-0.1, -0.05) is 78.9 Å². The highest BCUT2D eigenvalue weighted by Gasteiger charge is 2.24. The van der Waals surface area contributed by atoms with Gasteiger partial charge in [0.25, 0.3) is 5.91 Å². The molecular formula is C34H36N4O6. The zero-order valence-corrected chi connectivity index (χ0v) is 24.6. The summed E-state index contributed by atoms with van der Waals surface area (Å²) in [5.41, 5.74) is 2.78. The number of nitrogens with one attached hydrogen (secondary N) is 2. The molecule has 3 N–H and O–H groups in total. The maximum Gasteiger partial charge on any atom is 0.326 e. The summed E-state index contributed by atoms with van der Waals surface area (Å²) in [5.74, 6) is -1.60. The molecule has 44 heavy (non-hydrogen) atoms. The Balaban J connectivity index is 1.33. The smallest absolute Gasteiger partial charge is 0.326 e. The molecule has 4 rings (SSSR count). The van der Waals surface area contributed by atoms with E-state index >= 15 is 0 Å². The van der Waals surface area contributed by atoms with E-state index in [1.54, 1.807) is 11.8 Å². The van der Waals surface area contributed by atoms with Crippen LogP contribution in [-0.2, 0) is 27.3 Å². The summed E-state index contributed by atoms with van der Waals surface area (Å²) in [6.45, 7) is 2.27. The highest BCUT2D eigenvalue weighted by molar-refractivity contribution is 5.93. The quantitative estimate of drug-likeness (QED) is 0.185.